The zero-order chi connectivity index (χ0) is 13.2. The van der Waals surface area contributed by atoms with Crippen LogP contribution in [0.25, 0.3) is 22.8 Å². The molecule has 0 amide bonds. The first-order valence-electron chi connectivity index (χ1n) is 5.68. The molecule has 3 rings (SSSR count). The average molecular weight is 316 g/mol. The maximum absolute atomic E-state index is 5.93. The van der Waals surface area contributed by atoms with Gasteiger partial charge in [0.25, 0.3) is 0 Å². The van der Waals surface area contributed by atoms with Gasteiger partial charge in [-0.3, -0.25) is 0 Å². The van der Waals surface area contributed by atoms with E-state index in [1.54, 1.807) is 18.4 Å². The normalized spacial score (nSPS) is 10.6. The van der Waals surface area contributed by atoms with Crippen LogP contribution in [0.3, 0.4) is 0 Å². The maximum atomic E-state index is 5.93. The number of halogens is 1. The summed E-state index contributed by atoms with van der Waals surface area (Å²) < 4.78 is 6.00. The molecule has 0 aliphatic carbocycles. The Balaban J connectivity index is 2.20. The highest BCUT2D eigenvalue weighted by atomic mass is 79.9. The van der Waals surface area contributed by atoms with Crippen molar-refractivity contribution in [2.45, 2.75) is 0 Å². The Morgan fingerprint density at radius 2 is 1.79 bits per heavy atom. The molecule has 4 nitrogen and oxygen atoms in total. The molecule has 0 spiro atoms. The number of furan rings is 1. The Bertz CT molecular complexity index is 696. The molecular formula is C14H10BrN3O. The van der Waals surface area contributed by atoms with E-state index in [2.05, 4.69) is 25.9 Å². The lowest BCUT2D eigenvalue weighted by molar-refractivity contribution is 0.577. The highest BCUT2D eigenvalue weighted by Crippen LogP contribution is 2.32. The fraction of sp³-hybridized carbons (Fsp3) is 0. The molecule has 0 aliphatic heterocycles. The lowest BCUT2D eigenvalue weighted by atomic mass is 10.1. The monoisotopic (exact) mass is 315 g/mol. The van der Waals surface area contributed by atoms with Crippen molar-refractivity contribution in [2.75, 3.05) is 5.73 Å². The first kappa shape index (κ1) is 11.9. The van der Waals surface area contributed by atoms with Gasteiger partial charge in [-0.25, -0.2) is 9.97 Å². The predicted molar refractivity (Wildman–Crippen MR) is 77.3 cm³/mol. The molecule has 0 atom stereocenters. The quantitative estimate of drug-likeness (QED) is 0.782. The van der Waals surface area contributed by atoms with Gasteiger partial charge < -0.3 is 10.2 Å². The Morgan fingerprint density at radius 3 is 2.47 bits per heavy atom. The molecule has 1 aromatic carbocycles. The van der Waals surface area contributed by atoms with Crippen molar-refractivity contribution in [1.82, 2.24) is 9.97 Å². The van der Waals surface area contributed by atoms with Crippen molar-refractivity contribution < 1.29 is 4.42 Å². The molecule has 0 radical (unpaired) electrons. The zero-order valence-corrected chi connectivity index (χ0v) is 11.5. The fourth-order valence-corrected chi connectivity index (χ4v) is 2.17. The predicted octanol–water partition coefficient (Wildman–Crippen LogP) is 3.75. The topological polar surface area (TPSA) is 64.9 Å². The number of anilines is 1. The van der Waals surface area contributed by atoms with Crippen molar-refractivity contribution in [3.05, 3.63) is 53.2 Å². The Labute approximate surface area is 118 Å². The fourth-order valence-electron chi connectivity index (χ4n) is 1.77. The van der Waals surface area contributed by atoms with E-state index in [0.29, 0.717) is 21.9 Å². The standard InChI is InChI=1S/C14H10BrN3O/c15-11-12(9-5-2-1-3-6-9)17-14(18-13(11)16)10-7-4-8-19-10/h1-8H,(H2,16,17,18). The number of hydrogen-bond donors (Lipinski definition) is 1. The van der Waals surface area contributed by atoms with Crippen LogP contribution in [0.4, 0.5) is 5.82 Å². The Morgan fingerprint density at radius 1 is 1.00 bits per heavy atom. The van der Waals surface area contributed by atoms with Crippen LogP contribution in [-0.4, -0.2) is 9.97 Å². The van der Waals surface area contributed by atoms with Gasteiger partial charge in [-0.1, -0.05) is 30.3 Å². The molecule has 0 unspecified atom stereocenters. The highest BCUT2D eigenvalue weighted by Gasteiger charge is 2.14. The largest absolute Gasteiger partial charge is 0.461 e. The molecule has 3 aromatic rings. The van der Waals surface area contributed by atoms with E-state index in [-0.39, 0.29) is 0 Å². The number of benzene rings is 1. The number of nitrogen functional groups attached to an aromatic ring is 1. The SMILES string of the molecule is Nc1nc(-c2ccco2)nc(-c2ccccc2)c1Br. The summed E-state index contributed by atoms with van der Waals surface area (Å²) in [5.74, 6) is 1.46. The van der Waals surface area contributed by atoms with Gasteiger partial charge in [0.2, 0.25) is 0 Å². The van der Waals surface area contributed by atoms with E-state index in [0.717, 1.165) is 11.3 Å². The van der Waals surface area contributed by atoms with Crippen molar-refractivity contribution in [2.24, 2.45) is 0 Å². The van der Waals surface area contributed by atoms with Crippen LogP contribution >= 0.6 is 15.9 Å². The van der Waals surface area contributed by atoms with Crippen molar-refractivity contribution in [3.63, 3.8) is 0 Å². The third-order valence-electron chi connectivity index (χ3n) is 2.67. The number of nitrogens with zero attached hydrogens (tertiary/aromatic N) is 2. The third-order valence-corrected chi connectivity index (χ3v) is 3.45. The highest BCUT2D eigenvalue weighted by molar-refractivity contribution is 9.10. The lowest BCUT2D eigenvalue weighted by Crippen LogP contribution is -1.99. The molecule has 0 saturated heterocycles. The van der Waals surface area contributed by atoms with Crippen LogP contribution in [0.1, 0.15) is 0 Å². The molecule has 0 aliphatic rings. The minimum absolute atomic E-state index is 0.389. The summed E-state index contributed by atoms with van der Waals surface area (Å²) in [6.45, 7) is 0. The molecule has 5 heteroatoms. The molecule has 0 fully saturated rings. The molecule has 94 valence electrons. The summed E-state index contributed by atoms with van der Waals surface area (Å²) >= 11 is 3.43. The number of rotatable bonds is 2. The van der Waals surface area contributed by atoms with E-state index >= 15 is 0 Å². The van der Waals surface area contributed by atoms with Gasteiger partial charge in [0, 0.05) is 5.56 Å². The minimum atomic E-state index is 0.389. The molecule has 0 saturated carbocycles. The van der Waals surface area contributed by atoms with Gasteiger partial charge in [0.05, 0.1) is 16.4 Å². The van der Waals surface area contributed by atoms with Crippen molar-refractivity contribution >= 4 is 21.7 Å². The number of nitrogens with two attached hydrogens (primary N) is 1. The van der Waals surface area contributed by atoms with Crippen LogP contribution in [-0.2, 0) is 0 Å². The summed E-state index contributed by atoms with van der Waals surface area (Å²) in [5, 5.41) is 0. The molecule has 0 bridgehead atoms. The molecule has 19 heavy (non-hydrogen) atoms. The minimum Gasteiger partial charge on any atom is -0.461 e. The second-order valence-electron chi connectivity index (χ2n) is 3.94. The summed E-state index contributed by atoms with van der Waals surface area (Å²) in [6, 6.07) is 13.4. The first-order chi connectivity index (χ1) is 9.25. The molecule has 2 N–H and O–H groups in total. The van der Waals surface area contributed by atoms with Gasteiger partial charge in [-0.2, -0.15) is 0 Å². The third kappa shape index (κ3) is 2.24. The molecule has 2 heterocycles. The van der Waals surface area contributed by atoms with Crippen molar-refractivity contribution in [1.29, 1.82) is 0 Å². The Kier molecular flexibility index (Phi) is 3.05. The van der Waals surface area contributed by atoms with Crippen LogP contribution in [0.2, 0.25) is 0 Å². The van der Waals surface area contributed by atoms with Gasteiger partial charge in [0.15, 0.2) is 11.6 Å². The van der Waals surface area contributed by atoms with E-state index in [4.69, 9.17) is 10.2 Å². The summed E-state index contributed by atoms with van der Waals surface area (Å²) in [7, 11) is 0. The van der Waals surface area contributed by atoms with Crippen molar-refractivity contribution in [3.8, 4) is 22.8 Å². The average Bonchev–Trinajstić information content (AvgIpc) is 2.97. The van der Waals surface area contributed by atoms with E-state index < -0.39 is 0 Å². The van der Waals surface area contributed by atoms with Crippen LogP contribution < -0.4 is 5.73 Å². The zero-order valence-electron chi connectivity index (χ0n) is 9.88. The maximum Gasteiger partial charge on any atom is 0.198 e. The van der Waals surface area contributed by atoms with Gasteiger partial charge >= 0.3 is 0 Å². The molecular weight excluding hydrogens is 306 g/mol. The van der Waals surface area contributed by atoms with Crippen LogP contribution in [0.15, 0.2) is 57.6 Å². The molecule has 2 aromatic heterocycles. The lowest BCUT2D eigenvalue weighted by Gasteiger charge is -2.07. The van der Waals surface area contributed by atoms with E-state index in [1.165, 1.54) is 0 Å². The number of hydrogen-bond acceptors (Lipinski definition) is 4. The second-order valence-corrected chi connectivity index (χ2v) is 4.73. The first-order valence-corrected chi connectivity index (χ1v) is 6.47. The summed E-state index contributed by atoms with van der Waals surface area (Å²) in [4.78, 5) is 8.74. The van der Waals surface area contributed by atoms with E-state index in [1.807, 2.05) is 30.3 Å². The van der Waals surface area contributed by atoms with Gasteiger partial charge in [-0.15, -0.1) is 0 Å². The summed E-state index contributed by atoms with van der Waals surface area (Å²) in [5.41, 5.74) is 7.64. The number of aromatic nitrogens is 2. The van der Waals surface area contributed by atoms with E-state index in [9.17, 15) is 0 Å². The second kappa shape index (κ2) is 4.85. The van der Waals surface area contributed by atoms with Crippen LogP contribution in [0, 0.1) is 0 Å². The van der Waals surface area contributed by atoms with Gasteiger partial charge in [0.1, 0.15) is 5.82 Å². The summed E-state index contributed by atoms with van der Waals surface area (Å²) in [6.07, 6.45) is 1.58. The smallest absolute Gasteiger partial charge is 0.198 e. The van der Waals surface area contributed by atoms with Gasteiger partial charge in [-0.05, 0) is 28.1 Å². The Hall–Kier alpha value is -2.14. The van der Waals surface area contributed by atoms with Crippen LogP contribution in [0.5, 0.6) is 0 Å².